The molecular formula is C12H17N3O2. The number of aromatic nitrogens is 1. The summed E-state index contributed by atoms with van der Waals surface area (Å²) in [5.41, 5.74) is 8.43. The van der Waals surface area contributed by atoms with Crippen LogP contribution < -0.4 is 5.73 Å². The topological polar surface area (TPSA) is 80.5 Å². The average molecular weight is 235 g/mol. The SMILES string of the molecule is CCN=C/C=C(\N)c1c[nH]c(C(=O)OC)c1C. The van der Waals surface area contributed by atoms with E-state index in [1.54, 1.807) is 18.5 Å². The molecule has 92 valence electrons. The Kier molecular flexibility index (Phi) is 4.51. The lowest BCUT2D eigenvalue weighted by atomic mass is 10.1. The summed E-state index contributed by atoms with van der Waals surface area (Å²) in [7, 11) is 1.34. The number of H-pyrrole nitrogens is 1. The molecule has 0 unspecified atom stereocenters. The summed E-state index contributed by atoms with van der Waals surface area (Å²) in [5, 5.41) is 0. The van der Waals surface area contributed by atoms with Gasteiger partial charge in [0.15, 0.2) is 0 Å². The van der Waals surface area contributed by atoms with Gasteiger partial charge in [0.2, 0.25) is 0 Å². The molecule has 0 radical (unpaired) electrons. The third kappa shape index (κ3) is 2.96. The Morgan fingerprint density at radius 1 is 1.65 bits per heavy atom. The van der Waals surface area contributed by atoms with E-state index >= 15 is 0 Å². The van der Waals surface area contributed by atoms with E-state index in [0.717, 1.165) is 11.1 Å². The van der Waals surface area contributed by atoms with Crippen LogP contribution in [0.5, 0.6) is 0 Å². The van der Waals surface area contributed by atoms with Gasteiger partial charge < -0.3 is 15.5 Å². The van der Waals surface area contributed by atoms with E-state index in [9.17, 15) is 4.79 Å². The minimum absolute atomic E-state index is 0.399. The molecule has 0 aliphatic carbocycles. The van der Waals surface area contributed by atoms with Crippen molar-refractivity contribution in [1.29, 1.82) is 0 Å². The number of ether oxygens (including phenoxy) is 1. The van der Waals surface area contributed by atoms with E-state index in [1.807, 2.05) is 13.8 Å². The number of carbonyl (C=O) groups excluding carboxylic acids is 1. The molecule has 0 aromatic carbocycles. The molecule has 17 heavy (non-hydrogen) atoms. The van der Waals surface area contributed by atoms with E-state index in [1.165, 1.54) is 7.11 Å². The molecular weight excluding hydrogens is 218 g/mol. The zero-order valence-electron chi connectivity index (χ0n) is 10.3. The van der Waals surface area contributed by atoms with Crippen LogP contribution in [0.15, 0.2) is 17.3 Å². The number of carbonyl (C=O) groups is 1. The van der Waals surface area contributed by atoms with Crippen molar-refractivity contribution in [3.05, 3.63) is 29.1 Å². The van der Waals surface area contributed by atoms with Gasteiger partial charge in [-0.3, -0.25) is 4.99 Å². The molecule has 0 aliphatic rings. The smallest absolute Gasteiger partial charge is 0.354 e. The molecule has 1 aromatic heterocycles. The number of allylic oxidation sites excluding steroid dienone is 1. The molecule has 0 saturated heterocycles. The Balaban J connectivity index is 3.00. The number of nitrogens with one attached hydrogen (secondary N) is 1. The molecule has 0 amide bonds. The quantitative estimate of drug-likeness (QED) is 0.613. The summed E-state index contributed by atoms with van der Waals surface area (Å²) < 4.78 is 4.65. The highest BCUT2D eigenvalue weighted by molar-refractivity contribution is 5.92. The van der Waals surface area contributed by atoms with Crippen LogP contribution in [0.25, 0.3) is 5.70 Å². The van der Waals surface area contributed by atoms with Crippen molar-refractivity contribution in [2.24, 2.45) is 10.7 Å². The summed E-state index contributed by atoms with van der Waals surface area (Å²) in [4.78, 5) is 18.3. The molecule has 0 saturated carbocycles. The normalized spacial score (nSPS) is 12.1. The molecule has 1 heterocycles. The Morgan fingerprint density at radius 3 is 2.94 bits per heavy atom. The van der Waals surface area contributed by atoms with Gasteiger partial charge in [-0.2, -0.15) is 0 Å². The fraction of sp³-hybridized carbons (Fsp3) is 0.333. The van der Waals surface area contributed by atoms with Crippen molar-refractivity contribution in [2.75, 3.05) is 13.7 Å². The maximum atomic E-state index is 11.4. The van der Waals surface area contributed by atoms with Crippen LogP contribution in [0.2, 0.25) is 0 Å². The van der Waals surface area contributed by atoms with E-state index in [0.29, 0.717) is 17.9 Å². The number of esters is 1. The highest BCUT2D eigenvalue weighted by Gasteiger charge is 2.15. The van der Waals surface area contributed by atoms with Crippen molar-refractivity contribution in [2.45, 2.75) is 13.8 Å². The van der Waals surface area contributed by atoms with Crippen molar-refractivity contribution in [3.8, 4) is 0 Å². The van der Waals surface area contributed by atoms with E-state index in [-0.39, 0.29) is 0 Å². The average Bonchev–Trinajstić information content (AvgIpc) is 2.70. The number of nitrogens with zero attached hydrogens (tertiary/aromatic N) is 1. The van der Waals surface area contributed by atoms with Crippen molar-refractivity contribution >= 4 is 17.9 Å². The van der Waals surface area contributed by atoms with Crippen LogP contribution in [0, 0.1) is 6.92 Å². The first-order valence-corrected chi connectivity index (χ1v) is 5.34. The maximum absolute atomic E-state index is 11.4. The molecule has 0 fully saturated rings. The number of methoxy groups -OCH3 is 1. The Hall–Kier alpha value is -2.04. The molecule has 5 heteroatoms. The lowest BCUT2D eigenvalue weighted by Gasteiger charge is -2.00. The Bertz CT molecular complexity index is 458. The van der Waals surface area contributed by atoms with Gasteiger partial charge in [-0.05, 0) is 25.5 Å². The zero-order chi connectivity index (χ0) is 12.8. The summed E-state index contributed by atoms with van der Waals surface area (Å²) >= 11 is 0. The minimum atomic E-state index is -0.399. The van der Waals surface area contributed by atoms with Crippen molar-refractivity contribution in [1.82, 2.24) is 4.98 Å². The van der Waals surface area contributed by atoms with Crippen molar-refractivity contribution < 1.29 is 9.53 Å². The number of hydrogen-bond acceptors (Lipinski definition) is 4. The molecule has 1 rings (SSSR count). The number of rotatable bonds is 4. The van der Waals surface area contributed by atoms with Gasteiger partial charge >= 0.3 is 5.97 Å². The summed E-state index contributed by atoms with van der Waals surface area (Å²) in [5.74, 6) is -0.399. The monoisotopic (exact) mass is 235 g/mol. The fourth-order valence-electron chi connectivity index (χ4n) is 1.44. The van der Waals surface area contributed by atoms with E-state index in [4.69, 9.17) is 5.73 Å². The van der Waals surface area contributed by atoms with Crippen LogP contribution in [0.1, 0.15) is 28.5 Å². The van der Waals surface area contributed by atoms with Gasteiger partial charge in [0.05, 0.1) is 7.11 Å². The molecule has 0 atom stereocenters. The van der Waals surface area contributed by atoms with Gasteiger partial charge in [-0.1, -0.05) is 0 Å². The fourth-order valence-corrected chi connectivity index (χ4v) is 1.44. The standard InChI is InChI=1S/C12H17N3O2/c1-4-14-6-5-10(13)9-7-15-11(8(9)2)12(16)17-3/h5-7,15H,4,13H2,1-3H3/b10-5-,14-6?. The third-order valence-electron chi connectivity index (χ3n) is 2.38. The number of aliphatic imine (C=N–C) groups is 1. The predicted molar refractivity (Wildman–Crippen MR) is 68.1 cm³/mol. The summed E-state index contributed by atoms with van der Waals surface area (Å²) in [6.45, 7) is 4.47. The molecule has 0 aliphatic heterocycles. The van der Waals surface area contributed by atoms with Crippen LogP contribution in [0.4, 0.5) is 0 Å². The van der Waals surface area contributed by atoms with E-state index in [2.05, 4.69) is 14.7 Å². The van der Waals surface area contributed by atoms with Crippen molar-refractivity contribution in [3.63, 3.8) is 0 Å². The first kappa shape index (κ1) is 13.0. The summed E-state index contributed by atoms with van der Waals surface area (Å²) in [6, 6.07) is 0. The third-order valence-corrected chi connectivity index (χ3v) is 2.38. The number of aromatic amines is 1. The second-order valence-corrected chi connectivity index (χ2v) is 3.46. The highest BCUT2D eigenvalue weighted by atomic mass is 16.5. The number of nitrogens with two attached hydrogens (primary N) is 1. The van der Waals surface area contributed by atoms with Gasteiger partial charge in [-0.15, -0.1) is 0 Å². The molecule has 1 aromatic rings. The van der Waals surface area contributed by atoms with Crippen LogP contribution >= 0.6 is 0 Å². The van der Waals surface area contributed by atoms with Gasteiger partial charge in [0, 0.05) is 30.2 Å². The predicted octanol–water partition coefficient (Wildman–Crippen LogP) is 1.50. The van der Waals surface area contributed by atoms with Gasteiger partial charge in [0.25, 0.3) is 0 Å². The van der Waals surface area contributed by atoms with Gasteiger partial charge in [-0.25, -0.2) is 4.79 Å². The zero-order valence-corrected chi connectivity index (χ0v) is 10.3. The second kappa shape index (κ2) is 5.89. The molecule has 0 bridgehead atoms. The Labute approximate surface area is 100 Å². The lowest BCUT2D eigenvalue weighted by Crippen LogP contribution is -2.04. The molecule has 3 N–H and O–H groups in total. The maximum Gasteiger partial charge on any atom is 0.354 e. The first-order valence-electron chi connectivity index (χ1n) is 5.34. The highest BCUT2D eigenvalue weighted by Crippen LogP contribution is 2.18. The van der Waals surface area contributed by atoms with E-state index < -0.39 is 5.97 Å². The first-order chi connectivity index (χ1) is 8.11. The molecule has 0 spiro atoms. The minimum Gasteiger partial charge on any atom is -0.464 e. The van der Waals surface area contributed by atoms with Crippen LogP contribution in [0.3, 0.4) is 0 Å². The van der Waals surface area contributed by atoms with Crippen LogP contribution in [-0.2, 0) is 4.74 Å². The lowest BCUT2D eigenvalue weighted by molar-refractivity contribution is 0.0594. The summed E-state index contributed by atoms with van der Waals surface area (Å²) in [6.07, 6.45) is 5.05. The second-order valence-electron chi connectivity index (χ2n) is 3.46. The Morgan fingerprint density at radius 2 is 2.35 bits per heavy atom. The van der Waals surface area contributed by atoms with Gasteiger partial charge in [0.1, 0.15) is 5.69 Å². The van der Waals surface area contributed by atoms with Crippen LogP contribution in [-0.4, -0.2) is 30.8 Å². The molecule has 5 nitrogen and oxygen atoms in total. The largest absolute Gasteiger partial charge is 0.464 e. The number of hydrogen-bond donors (Lipinski definition) is 2.